The molecule has 0 atom stereocenters. The van der Waals surface area contributed by atoms with E-state index in [1.54, 1.807) is 33.0 Å². The number of pyridine rings is 1. The summed E-state index contributed by atoms with van der Waals surface area (Å²) >= 11 is 0. The number of carbonyl (C=O) groups is 2. The molecule has 0 aliphatic rings. The Balaban J connectivity index is 2.61. The quantitative estimate of drug-likeness (QED) is 0.770. The number of nitrogens with two attached hydrogens (primary N) is 1. The van der Waals surface area contributed by atoms with Crippen molar-refractivity contribution < 1.29 is 19.1 Å². The van der Waals surface area contributed by atoms with Crippen molar-refractivity contribution in [1.29, 1.82) is 0 Å². The highest BCUT2D eigenvalue weighted by atomic mass is 16.6. The molecule has 1 rings (SSSR count). The van der Waals surface area contributed by atoms with Gasteiger partial charge in [0.15, 0.2) is 0 Å². The van der Waals surface area contributed by atoms with Crippen molar-refractivity contribution in [2.75, 3.05) is 19.7 Å². The van der Waals surface area contributed by atoms with Crippen LogP contribution in [0.1, 0.15) is 26.3 Å². The molecule has 2 amide bonds. The van der Waals surface area contributed by atoms with E-state index in [1.165, 1.54) is 17.1 Å². The number of hydrogen-bond donors (Lipinski definition) is 1. The standard InChI is InChI=1S/C17H25N3O4/c1-13-7-8-15(19-12-13)23-11-10-20(9-5-6-14(18)21)16(22)24-17(2,3)4/h5-8,12H,9-11H2,1-4H3,(H2,18,21)/b6-5+. The highest BCUT2D eigenvalue weighted by Crippen LogP contribution is 2.11. The van der Waals surface area contributed by atoms with E-state index in [1.807, 2.05) is 13.0 Å². The van der Waals surface area contributed by atoms with Crippen LogP contribution in [0.4, 0.5) is 4.79 Å². The van der Waals surface area contributed by atoms with Crippen LogP contribution in [-0.2, 0) is 9.53 Å². The maximum absolute atomic E-state index is 12.2. The van der Waals surface area contributed by atoms with E-state index in [4.69, 9.17) is 15.2 Å². The molecule has 0 saturated heterocycles. The van der Waals surface area contributed by atoms with Crippen molar-refractivity contribution in [1.82, 2.24) is 9.88 Å². The molecule has 7 heteroatoms. The Hall–Kier alpha value is -2.57. The van der Waals surface area contributed by atoms with Crippen LogP contribution in [0.25, 0.3) is 0 Å². The van der Waals surface area contributed by atoms with Gasteiger partial charge < -0.3 is 20.1 Å². The predicted molar refractivity (Wildman–Crippen MR) is 90.6 cm³/mol. The molecule has 0 radical (unpaired) electrons. The molecule has 0 unspecified atom stereocenters. The summed E-state index contributed by atoms with van der Waals surface area (Å²) in [6, 6.07) is 3.66. The number of nitrogens with zero attached hydrogens (tertiary/aromatic N) is 2. The van der Waals surface area contributed by atoms with Crippen molar-refractivity contribution in [2.24, 2.45) is 5.73 Å². The fourth-order valence-electron chi connectivity index (χ4n) is 1.68. The Morgan fingerprint density at radius 2 is 2.04 bits per heavy atom. The number of aryl methyl sites for hydroxylation is 1. The number of ether oxygens (including phenoxy) is 2. The van der Waals surface area contributed by atoms with E-state index >= 15 is 0 Å². The van der Waals surface area contributed by atoms with E-state index in [0.717, 1.165) is 5.56 Å². The third kappa shape index (κ3) is 8.17. The van der Waals surface area contributed by atoms with E-state index in [9.17, 15) is 9.59 Å². The number of hydrogen-bond acceptors (Lipinski definition) is 5. The van der Waals surface area contributed by atoms with Crippen LogP contribution >= 0.6 is 0 Å². The van der Waals surface area contributed by atoms with Crippen LogP contribution in [0, 0.1) is 6.92 Å². The van der Waals surface area contributed by atoms with Crippen LogP contribution in [0.15, 0.2) is 30.5 Å². The van der Waals surface area contributed by atoms with Gasteiger partial charge in [0.2, 0.25) is 11.8 Å². The van der Waals surface area contributed by atoms with Gasteiger partial charge in [-0.05, 0) is 33.3 Å². The average molecular weight is 335 g/mol. The van der Waals surface area contributed by atoms with Gasteiger partial charge in [0, 0.05) is 24.9 Å². The van der Waals surface area contributed by atoms with Gasteiger partial charge in [0.25, 0.3) is 0 Å². The monoisotopic (exact) mass is 335 g/mol. The first kappa shape index (κ1) is 19.5. The molecule has 24 heavy (non-hydrogen) atoms. The molecule has 0 bridgehead atoms. The van der Waals surface area contributed by atoms with Crippen LogP contribution < -0.4 is 10.5 Å². The molecule has 0 spiro atoms. The molecule has 7 nitrogen and oxygen atoms in total. The summed E-state index contributed by atoms with van der Waals surface area (Å²) in [6.45, 7) is 8.03. The molecule has 0 aromatic carbocycles. The Morgan fingerprint density at radius 3 is 2.58 bits per heavy atom. The zero-order valence-electron chi connectivity index (χ0n) is 14.6. The molecule has 132 valence electrons. The minimum Gasteiger partial charge on any atom is -0.476 e. The predicted octanol–water partition coefficient (Wildman–Crippen LogP) is 2.05. The first-order chi connectivity index (χ1) is 11.2. The van der Waals surface area contributed by atoms with Gasteiger partial charge in [0.1, 0.15) is 12.2 Å². The van der Waals surface area contributed by atoms with Gasteiger partial charge in [-0.15, -0.1) is 0 Å². The van der Waals surface area contributed by atoms with Gasteiger partial charge in [-0.1, -0.05) is 12.1 Å². The largest absolute Gasteiger partial charge is 0.476 e. The number of primary amides is 1. The molecule has 0 saturated carbocycles. The summed E-state index contributed by atoms with van der Waals surface area (Å²) in [6.07, 6.45) is 3.93. The summed E-state index contributed by atoms with van der Waals surface area (Å²) < 4.78 is 10.9. The summed E-state index contributed by atoms with van der Waals surface area (Å²) in [7, 11) is 0. The lowest BCUT2D eigenvalue weighted by atomic mass is 10.2. The van der Waals surface area contributed by atoms with E-state index in [-0.39, 0.29) is 19.7 Å². The Labute approximate surface area is 142 Å². The van der Waals surface area contributed by atoms with Crippen molar-refractivity contribution in [3.05, 3.63) is 36.0 Å². The van der Waals surface area contributed by atoms with E-state index in [0.29, 0.717) is 5.88 Å². The highest BCUT2D eigenvalue weighted by Gasteiger charge is 2.21. The van der Waals surface area contributed by atoms with Crippen LogP contribution in [0.2, 0.25) is 0 Å². The SMILES string of the molecule is Cc1ccc(OCCN(C/C=C/C(N)=O)C(=O)OC(C)(C)C)nc1. The summed E-state index contributed by atoms with van der Waals surface area (Å²) in [5, 5.41) is 0. The lowest BCUT2D eigenvalue weighted by Gasteiger charge is -2.26. The smallest absolute Gasteiger partial charge is 0.410 e. The molecule has 1 heterocycles. The number of carbonyl (C=O) groups excluding carboxylic acids is 2. The Kier molecular flexibility index (Phi) is 7.23. The Bertz CT molecular complexity index is 576. The van der Waals surface area contributed by atoms with E-state index in [2.05, 4.69) is 4.98 Å². The van der Waals surface area contributed by atoms with Gasteiger partial charge in [-0.25, -0.2) is 9.78 Å². The minimum atomic E-state index is -0.609. The second-order valence-corrected chi connectivity index (χ2v) is 6.25. The van der Waals surface area contributed by atoms with Gasteiger partial charge in [-0.2, -0.15) is 0 Å². The van der Waals surface area contributed by atoms with Gasteiger partial charge in [-0.3, -0.25) is 4.79 Å². The molecule has 1 aromatic heterocycles. The topological polar surface area (TPSA) is 94.8 Å². The van der Waals surface area contributed by atoms with Gasteiger partial charge >= 0.3 is 6.09 Å². The maximum atomic E-state index is 12.2. The molecule has 0 fully saturated rings. The summed E-state index contributed by atoms with van der Waals surface area (Å²) in [4.78, 5) is 28.5. The van der Waals surface area contributed by atoms with Crippen LogP contribution in [0.3, 0.4) is 0 Å². The highest BCUT2D eigenvalue weighted by molar-refractivity contribution is 5.85. The fourth-order valence-corrected chi connectivity index (χ4v) is 1.68. The zero-order chi connectivity index (χ0) is 18.2. The molecular weight excluding hydrogens is 310 g/mol. The van der Waals surface area contributed by atoms with Crippen molar-refractivity contribution in [3.63, 3.8) is 0 Å². The Morgan fingerprint density at radius 1 is 1.33 bits per heavy atom. The molecule has 1 aromatic rings. The lowest BCUT2D eigenvalue weighted by Crippen LogP contribution is -2.39. The maximum Gasteiger partial charge on any atom is 0.410 e. The van der Waals surface area contributed by atoms with Crippen molar-refractivity contribution in [3.8, 4) is 5.88 Å². The molecular formula is C17H25N3O4. The third-order valence-corrected chi connectivity index (χ3v) is 2.75. The lowest BCUT2D eigenvalue weighted by molar-refractivity contribution is -0.113. The van der Waals surface area contributed by atoms with Crippen LogP contribution in [-0.4, -0.2) is 47.2 Å². The molecule has 0 aliphatic carbocycles. The average Bonchev–Trinajstić information content (AvgIpc) is 2.45. The van der Waals surface area contributed by atoms with Crippen molar-refractivity contribution in [2.45, 2.75) is 33.3 Å². The summed E-state index contributed by atoms with van der Waals surface area (Å²) in [5.41, 5.74) is 5.48. The second-order valence-electron chi connectivity index (χ2n) is 6.25. The minimum absolute atomic E-state index is 0.197. The number of aromatic nitrogens is 1. The van der Waals surface area contributed by atoms with Crippen molar-refractivity contribution >= 4 is 12.0 Å². The second kappa shape index (κ2) is 8.90. The van der Waals surface area contributed by atoms with Gasteiger partial charge in [0.05, 0.1) is 6.54 Å². The first-order valence-corrected chi connectivity index (χ1v) is 7.67. The molecule has 0 aliphatic heterocycles. The fraction of sp³-hybridized carbons (Fsp3) is 0.471. The zero-order valence-corrected chi connectivity index (χ0v) is 14.6. The molecule has 2 N–H and O–H groups in total. The number of amides is 2. The van der Waals surface area contributed by atoms with E-state index < -0.39 is 17.6 Å². The normalized spacial score (nSPS) is 11.3. The van der Waals surface area contributed by atoms with Crippen LogP contribution in [0.5, 0.6) is 5.88 Å². The first-order valence-electron chi connectivity index (χ1n) is 7.67. The third-order valence-electron chi connectivity index (χ3n) is 2.75. The summed E-state index contributed by atoms with van der Waals surface area (Å²) in [5.74, 6) is -0.0864. The number of rotatable bonds is 7.